The lowest BCUT2D eigenvalue weighted by Crippen LogP contribution is -2.70. The molecule has 51 heavy (non-hydrogen) atoms. The lowest BCUT2D eigenvalue weighted by atomic mass is 9.90. The molecule has 0 bridgehead atoms. The van der Waals surface area contributed by atoms with Gasteiger partial charge in [-0.1, -0.05) is 30.9 Å². The Balaban J connectivity index is 1.97. The van der Waals surface area contributed by atoms with E-state index in [-0.39, 0.29) is 18.8 Å². The average molecular weight is 755 g/mol. The zero-order valence-electron chi connectivity index (χ0n) is 26.6. The van der Waals surface area contributed by atoms with Crippen molar-refractivity contribution in [3.8, 4) is 0 Å². The zero-order valence-corrected chi connectivity index (χ0v) is 26.6. The summed E-state index contributed by atoms with van der Waals surface area (Å²) in [5, 5.41) is 0. The Morgan fingerprint density at radius 2 is 1.37 bits per heavy atom. The van der Waals surface area contributed by atoms with E-state index in [4.69, 9.17) is 14.2 Å². The summed E-state index contributed by atoms with van der Waals surface area (Å²) >= 11 is 0. The first-order valence-corrected chi connectivity index (χ1v) is 14.9. The number of allylic oxidation sites excluding steroid dienone is 11. The molecule has 0 aliphatic heterocycles. The predicted octanol–water partition coefficient (Wildman–Crippen LogP) is 10.1. The molecule has 0 aromatic carbocycles. The second kappa shape index (κ2) is 16.8. The second-order valence-electron chi connectivity index (χ2n) is 11.0. The van der Waals surface area contributed by atoms with Crippen LogP contribution in [0.5, 0.6) is 0 Å². The van der Waals surface area contributed by atoms with Gasteiger partial charge in [0, 0.05) is 23.6 Å². The molecule has 284 valence electrons. The van der Waals surface area contributed by atoms with Crippen LogP contribution in [0, 0.1) is 0 Å². The summed E-state index contributed by atoms with van der Waals surface area (Å²) in [4.78, 5) is 23.6. The third-order valence-electron chi connectivity index (χ3n) is 7.01. The molecule has 0 unspecified atom stereocenters. The molecule has 18 heteroatoms. The number of hydrogen-bond acceptors (Lipinski definition) is 5. The lowest BCUT2D eigenvalue weighted by Gasteiger charge is -2.40. The Hall–Kier alpha value is -4.25. The number of unbranched alkanes of at least 4 members (excludes halogenated alkanes) is 3. The van der Waals surface area contributed by atoms with E-state index in [2.05, 4.69) is 6.58 Å². The molecule has 0 saturated heterocycles. The minimum atomic E-state index is -8.01. The molecule has 0 N–H and O–H groups in total. The van der Waals surface area contributed by atoms with Gasteiger partial charge in [0.15, 0.2) is 0 Å². The van der Waals surface area contributed by atoms with Gasteiger partial charge in [0.25, 0.3) is 0 Å². The molecule has 0 spiro atoms. The van der Waals surface area contributed by atoms with E-state index >= 15 is 0 Å². The van der Waals surface area contributed by atoms with E-state index in [9.17, 15) is 66.7 Å². The van der Waals surface area contributed by atoms with Crippen molar-refractivity contribution in [2.75, 3.05) is 13.2 Å². The highest BCUT2D eigenvalue weighted by molar-refractivity contribution is 5.86. The van der Waals surface area contributed by atoms with Crippen molar-refractivity contribution in [1.82, 2.24) is 0 Å². The first-order valence-electron chi connectivity index (χ1n) is 14.9. The minimum absolute atomic E-state index is 0.0644. The second-order valence-corrected chi connectivity index (χ2v) is 11.0. The Bertz CT molecular complexity index is 1510. The van der Waals surface area contributed by atoms with Crippen molar-refractivity contribution < 1.29 is 80.9 Å². The fraction of sp³-hybridized carbons (Fsp3) is 0.455. The third kappa shape index (κ3) is 10.2. The largest absolute Gasteiger partial charge is 0.498 e. The van der Waals surface area contributed by atoms with Crippen LogP contribution in [0.1, 0.15) is 45.4 Å². The number of halogens is 13. The van der Waals surface area contributed by atoms with Crippen LogP contribution in [0.25, 0.3) is 0 Å². The monoisotopic (exact) mass is 754 g/mol. The number of alkyl halides is 13. The Morgan fingerprint density at radius 3 is 1.98 bits per heavy atom. The van der Waals surface area contributed by atoms with Crippen molar-refractivity contribution in [2.24, 2.45) is 0 Å². The number of ether oxygens (including phenoxy) is 3. The molecular weight excluding hydrogens is 723 g/mol. The molecule has 0 atom stereocenters. The van der Waals surface area contributed by atoms with Gasteiger partial charge in [0.1, 0.15) is 5.76 Å². The molecule has 5 nitrogen and oxygen atoms in total. The first-order chi connectivity index (χ1) is 23.4. The van der Waals surface area contributed by atoms with Gasteiger partial charge in [-0.05, 0) is 75.0 Å². The highest BCUT2D eigenvalue weighted by atomic mass is 19.4. The number of carbonyl (C=O) groups is 2. The molecule has 0 heterocycles. The number of esters is 2. The predicted molar refractivity (Wildman–Crippen MR) is 156 cm³/mol. The van der Waals surface area contributed by atoms with Gasteiger partial charge in [-0.25, -0.2) is 9.59 Å². The van der Waals surface area contributed by atoms with Crippen molar-refractivity contribution in [3.05, 3.63) is 95.6 Å². The molecule has 0 fully saturated rings. The van der Waals surface area contributed by atoms with E-state index < -0.39 is 65.5 Å². The maximum Gasteiger partial charge on any atom is 0.460 e. The van der Waals surface area contributed by atoms with Crippen LogP contribution in [-0.2, 0) is 23.8 Å². The van der Waals surface area contributed by atoms with Crippen LogP contribution in [0.15, 0.2) is 95.6 Å². The maximum atomic E-state index is 14.5. The summed E-state index contributed by atoms with van der Waals surface area (Å²) in [6.07, 6.45) is 4.84. The summed E-state index contributed by atoms with van der Waals surface area (Å²) in [6.45, 7) is 5.73. The van der Waals surface area contributed by atoms with Gasteiger partial charge in [-0.2, -0.15) is 57.1 Å². The molecule has 0 saturated carbocycles. The number of rotatable bonds is 17. The molecule has 0 amide bonds. The summed E-state index contributed by atoms with van der Waals surface area (Å²) < 4.78 is 191. The molecule has 0 aromatic heterocycles. The van der Waals surface area contributed by atoms with Crippen LogP contribution in [0.3, 0.4) is 0 Å². The van der Waals surface area contributed by atoms with Gasteiger partial charge < -0.3 is 14.2 Å². The maximum absolute atomic E-state index is 14.5. The van der Waals surface area contributed by atoms with E-state index in [1.54, 1.807) is 31.2 Å². The molecule has 2 aliphatic carbocycles. The van der Waals surface area contributed by atoms with Crippen molar-refractivity contribution >= 4 is 11.9 Å². The van der Waals surface area contributed by atoms with E-state index in [0.717, 1.165) is 31.4 Å². The highest BCUT2D eigenvalue weighted by Crippen LogP contribution is 2.61. The van der Waals surface area contributed by atoms with Crippen molar-refractivity contribution in [1.29, 1.82) is 0 Å². The van der Waals surface area contributed by atoms with Crippen LogP contribution in [0.4, 0.5) is 57.1 Å². The van der Waals surface area contributed by atoms with Gasteiger partial charge in [0.2, 0.25) is 0 Å². The van der Waals surface area contributed by atoms with Gasteiger partial charge >= 0.3 is 47.7 Å². The Morgan fingerprint density at radius 1 is 0.765 bits per heavy atom. The molecule has 2 aliphatic rings. The summed E-state index contributed by atoms with van der Waals surface area (Å²) in [6, 6.07) is 0. The van der Waals surface area contributed by atoms with Crippen LogP contribution in [0.2, 0.25) is 0 Å². The number of hydrogen-bond donors (Lipinski definition) is 0. The Kier molecular flexibility index (Phi) is 14.2. The molecule has 2 rings (SSSR count). The van der Waals surface area contributed by atoms with Gasteiger partial charge in [-0.3, -0.25) is 0 Å². The van der Waals surface area contributed by atoms with Crippen molar-refractivity contribution in [3.63, 3.8) is 0 Å². The van der Waals surface area contributed by atoms with Gasteiger partial charge in [0.05, 0.1) is 19.0 Å². The summed E-state index contributed by atoms with van der Waals surface area (Å²) in [5.41, 5.74) is -1.39. The lowest BCUT2D eigenvalue weighted by molar-refractivity contribution is -0.436. The average Bonchev–Trinajstić information content (AvgIpc) is 3.41. The highest BCUT2D eigenvalue weighted by Gasteiger charge is 2.91. The summed E-state index contributed by atoms with van der Waals surface area (Å²) in [5.74, 6) is -39.3. The zero-order chi connectivity index (χ0) is 38.9. The number of carbonyl (C=O) groups excluding carboxylic acids is 2. The van der Waals surface area contributed by atoms with E-state index in [1.165, 1.54) is 6.08 Å². The third-order valence-corrected chi connectivity index (χ3v) is 7.01. The molecular formula is C33H31F13O5. The fourth-order valence-electron chi connectivity index (χ4n) is 4.07. The van der Waals surface area contributed by atoms with Crippen LogP contribution in [-0.4, -0.2) is 60.9 Å². The van der Waals surface area contributed by atoms with Crippen LogP contribution < -0.4 is 0 Å². The Labute approximate surface area is 283 Å². The fourth-order valence-corrected chi connectivity index (χ4v) is 4.07. The van der Waals surface area contributed by atoms with E-state index in [0.29, 0.717) is 42.4 Å². The minimum Gasteiger partial charge on any atom is -0.498 e. The van der Waals surface area contributed by atoms with E-state index in [1.807, 2.05) is 0 Å². The standard InChI is InChI=1S/C33H31F13O5/c1-21(2)27(48)50-20-6-4-3-5-19-49-24-11-7-9-22(13-16-24)14-18-26(47)51-25-12-8-10-23(15-17-25)28(34,35)29(36,37)30(38,39)31(40,41)32(42,43)33(44,45)46/h7,9-10,12-18H,1,3-6,8,11,19-20H2,2H3/b18-14+. The summed E-state index contributed by atoms with van der Waals surface area (Å²) in [7, 11) is 0. The van der Waals surface area contributed by atoms with Gasteiger partial charge in [-0.15, -0.1) is 0 Å². The van der Waals surface area contributed by atoms with Crippen LogP contribution >= 0.6 is 0 Å². The molecule has 0 radical (unpaired) electrons. The first kappa shape index (κ1) is 42.9. The molecule has 0 aromatic rings. The topological polar surface area (TPSA) is 61.8 Å². The quantitative estimate of drug-likeness (QED) is 0.0641. The smallest absolute Gasteiger partial charge is 0.460 e. The normalized spacial score (nSPS) is 16.4. The SMILES string of the molecule is C=C(C)C(=O)OCCCCCCOC1=CC=C(/C=C/C(=O)OC2=CCC=C(C(F)(F)C(F)(F)C(F)(F)C(F)(F)C(F)(F)C(F)(F)F)C=C2)C=CC1. The van der Waals surface area contributed by atoms with Crippen molar-refractivity contribution in [2.45, 2.75) is 81.2 Å².